The molecule has 17 heavy (non-hydrogen) atoms. The first-order valence-corrected chi connectivity index (χ1v) is 5.60. The number of phenols is 2. The van der Waals surface area contributed by atoms with Crippen molar-refractivity contribution >= 4 is 0 Å². The zero-order valence-electron chi connectivity index (χ0n) is 10.3. The Morgan fingerprint density at radius 1 is 0.824 bits per heavy atom. The highest BCUT2D eigenvalue weighted by Crippen LogP contribution is 2.38. The van der Waals surface area contributed by atoms with Crippen molar-refractivity contribution in [2.24, 2.45) is 0 Å². The Balaban J connectivity index is 2.69. The first-order valence-electron chi connectivity index (χ1n) is 5.60. The zero-order valence-corrected chi connectivity index (χ0v) is 10.3. The maximum atomic E-state index is 9.84. The van der Waals surface area contributed by atoms with Gasteiger partial charge in [0.05, 0.1) is 5.56 Å². The van der Waals surface area contributed by atoms with Crippen molar-refractivity contribution < 1.29 is 10.2 Å². The minimum absolute atomic E-state index is 0.104. The predicted octanol–water partition coefficient (Wildman–Crippen LogP) is 3.69. The molecule has 0 aliphatic carbocycles. The van der Waals surface area contributed by atoms with E-state index in [-0.39, 0.29) is 11.5 Å². The highest BCUT2D eigenvalue weighted by molar-refractivity contribution is 5.77. The van der Waals surface area contributed by atoms with Gasteiger partial charge in [0, 0.05) is 0 Å². The molecule has 0 bridgehead atoms. The van der Waals surface area contributed by atoms with E-state index in [9.17, 15) is 10.2 Å². The second-order valence-electron chi connectivity index (χ2n) is 4.41. The summed E-state index contributed by atoms with van der Waals surface area (Å²) in [6.45, 7) is 6.13. The van der Waals surface area contributed by atoms with Crippen LogP contribution in [0.4, 0.5) is 0 Å². The van der Waals surface area contributed by atoms with Crippen LogP contribution in [0.25, 0.3) is 11.1 Å². The molecule has 2 aromatic carbocycles. The van der Waals surface area contributed by atoms with E-state index in [1.807, 2.05) is 26.0 Å². The fourth-order valence-electron chi connectivity index (χ4n) is 2.00. The molecular formula is C15H16O2. The third-order valence-electron chi connectivity index (χ3n) is 3.24. The molecule has 0 atom stereocenters. The molecule has 2 rings (SSSR count). The molecule has 0 spiro atoms. The van der Waals surface area contributed by atoms with Crippen LogP contribution < -0.4 is 0 Å². The monoisotopic (exact) mass is 228 g/mol. The minimum Gasteiger partial charge on any atom is -0.507 e. The van der Waals surface area contributed by atoms with Gasteiger partial charge in [-0.3, -0.25) is 0 Å². The Bertz CT molecular complexity index is 528. The van der Waals surface area contributed by atoms with E-state index >= 15 is 0 Å². The third kappa shape index (κ3) is 1.98. The van der Waals surface area contributed by atoms with Gasteiger partial charge in [0.25, 0.3) is 0 Å². The molecule has 2 N–H and O–H groups in total. The van der Waals surface area contributed by atoms with Crippen LogP contribution in [0.1, 0.15) is 16.7 Å². The zero-order chi connectivity index (χ0) is 12.6. The SMILES string of the molecule is Cc1cc(-c2c(O)cccc2O)cc(C)c1C. The van der Waals surface area contributed by atoms with E-state index in [4.69, 9.17) is 0 Å². The summed E-state index contributed by atoms with van der Waals surface area (Å²) in [5.41, 5.74) is 4.90. The van der Waals surface area contributed by atoms with Crippen molar-refractivity contribution in [3.8, 4) is 22.6 Å². The van der Waals surface area contributed by atoms with E-state index in [0.29, 0.717) is 5.56 Å². The summed E-state index contributed by atoms with van der Waals surface area (Å²) in [4.78, 5) is 0. The lowest BCUT2D eigenvalue weighted by atomic mass is 9.95. The van der Waals surface area contributed by atoms with Crippen LogP contribution in [0.5, 0.6) is 11.5 Å². The Morgan fingerprint density at radius 2 is 1.29 bits per heavy atom. The van der Waals surface area contributed by atoms with Gasteiger partial charge in [0.2, 0.25) is 0 Å². The van der Waals surface area contributed by atoms with Gasteiger partial charge in [0.15, 0.2) is 0 Å². The normalized spacial score (nSPS) is 10.5. The minimum atomic E-state index is 0.104. The molecule has 0 radical (unpaired) electrons. The Kier molecular flexibility index (Phi) is 2.80. The average molecular weight is 228 g/mol. The molecule has 0 saturated heterocycles. The van der Waals surface area contributed by atoms with Crippen LogP contribution in [0.15, 0.2) is 30.3 Å². The molecule has 0 heterocycles. The standard InChI is InChI=1S/C15H16O2/c1-9-7-12(8-10(2)11(9)3)15-13(16)5-4-6-14(15)17/h4-8,16-17H,1-3H3. The van der Waals surface area contributed by atoms with E-state index in [1.165, 1.54) is 5.56 Å². The van der Waals surface area contributed by atoms with Gasteiger partial charge in [-0.2, -0.15) is 0 Å². The quantitative estimate of drug-likeness (QED) is 0.781. The summed E-state index contributed by atoms with van der Waals surface area (Å²) in [7, 11) is 0. The van der Waals surface area contributed by atoms with Crippen LogP contribution in [0.3, 0.4) is 0 Å². The Labute approximate surface area is 101 Å². The molecule has 2 heteroatoms. The van der Waals surface area contributed by atoms with Crippen molar-refractivity contribution in [2.75, 3.05) is 0 Å². The number of hydrogen-bond acceptors (Lipinski definition) is 2. The summed E-state index contributed by atoms with van der Waals surface area (Å²) in [5.74, 6) is 0.209. The summed E-state index contributed by atoms with van der Waals surface area (Å²) >= 11 is 0. The molecule has 0 saturated carbocycles. The van der Waals surface area contributed by atoms with Crippen LogP contribution in [-0.2, 0) is 0 Å². The Morgan fingerprint density at radius 3 is 1.76 bits per heavy atom. The van der Waals surface area contributed by atoms with E-state index in [0.717, 1.165) is 16.7 Å². The molecule has 0 aromatic heterocycles. The van der Waals surface area contributed by atoms with Gasteiger partial charge in [-0.1, -0.05) is 18.2 Å². The van der Waals surface area contributed by atoms with E-state index < -0.39 is 0 Å². The maximum absolute atomic E-state index is 9.84. The van der Waals surface area contributed by atoms with Gasteiger partial charge in [0.1, 0.15) is 11.5 Å². The molecule has 88 valence electrons. The molecule has 0 fully saturated rings. The lowest BCUT2D eigenvalue weighted by molar-refractivity contribution is 0.454. The van der Waals surface area contributed by atoms with Gasteiger partial charge >= 0.3 is 0 Å². The van der Waals surface area contributed by atoms with E-state index in [1.54, 1.807) is 18.2 Å². The third-order valence-corrected chi connectivity index (χ3v) is 3.24. The van der Waals surface area contributed by atoms with Gasteiger partial charge < -0.3 is 10.2 Å². The summed E-state index contributed by atoms with van der Waals surface area (Å²) in [6, 6.07) is 8.76. The number of phenolic OH excluding ortho intramolecular Hbond substituents is 2. The highest BCUT2D eigenvalue weighted by atomic mass is 16.3. The van der Waals surface area contributed by atoms with Crippen LogP contribution in [0, 0.1) is 20.8 Å². The number of aromatic hydroxyl groups is 2. The number of rotatable bonds is 1. The largest absolute Gasteiger partial charge is 0.507 e. The first kappa shape index (κ1) is 11.5. The van der Waals surface area contributed by atoms with Crippen molar-refractivity contribution in [2.45, 2.75) is 20.8 Å². The molecule has 0 unspecified atom stereocenters. The summed E-state index contributed by atoms with van der Waals surface area (Å²) in [5, 5.41) is 19.7. The number of aryl methyl sites for hydroxylation is 2. The molecule has 2 nitrogen and oxygen atoms in total. The van der Waals surface area contributed by atoms with Crippen LogP contribution >= 0.6 is 0 Å². The van der Waals surface area contributed by atoms with Crippen molar-refractivity contribution in [1.29, 1.82) is 0 Å². The van der Waals surface area contributed by atoms with Crippen molar-refractivity contribution in [3.05, 3.63) is 47.0 Å². The highest BCUT2D eigenvalue weighted by Gasteiger charge is 2.11. The smallest absolute Gasteiger partial charge is 0.127 e. The average Bonchev–Trinajstić information content (AvgIpc) is 2.25. The molecule has 0 amide bonds. The van der Waals surface area contributed by atoms with Crippen LogP contribution in [-0.4, -0.2) is 10.2 Å². The molecule has 0 aliphatic rings. The molecule has 2 aromatic rings. The lowest BCUT2D eigenvalue weighted by Crippen LogP contribution is -1.89. The van der Waals surface area contributed by atoms with Gasteiger partial charge in [-0.15, -0.1) is 0 Å². The van der Waals surface area contributed by atoms with E-state index in [2.05, 4.69) is 6.92 Å². The Hall–Kier alpha value is -1.96. The number of hydrogen-bond donors (Lipinski definition) is 2. The number of benzene rings is 2. The lowest BCUT2D eigenvalue weighted by Gasteiger charge is -2.11. The maximum Gasteiger partial charge on any atom is 0.127 e. The van der Waals surface area contributed by atoms with Gasteiger partial charge in [-0.05, 0) is 55.2 Å². The molecular weight excluding hydrogens is 212 g/mol. The fourth-order valence-corrected chi connectivity index (χ4v) is 2.00. The second kappa shape index (κ2) is 4.13. The predicted molar refractivity (Wildman–Crippen MR) is 69.4 cm³/mol. The second-order valence-corrected chi connectivity index (χ2v) is 4.41. The topological polar surface area (TPSA) is 40.5 Å². The molecule has 0 aliphatic heterocycles. The summed E-state index contributed by atoms with van der Waals surface area (Å²) in [6.07, 6.45) is 0. The fraction of sp³-hybridized carbons (Fsp3) is 0.200. The first-order chi connectivity index (χ1) is 8.00. The van der Waals surface area contributed by atoms with Crippen molar-refractivity contribution in [3.63, 3.8) is 0 Å². The van der Waals surface area contributed by atoms with Crippen LogP contribution in [0.2, 0.25) is 0 Å². The van der Waals surface area contributed by atoms with Gasteiger partial charge in [-0.25, -0.2) is 0 Å². The van der Waals surface area contributed by atoms with Crippen molar-refractivity contribution in [1.82, 2.24) is 0 Å². The summed E-state index contributed by atoms with van der Waals surface area (Å²) < 4.78 is 0.